The first-order valence-corrected chi connectivity index (χ1v) is 8.57. The predicted octanol–water partition coefficient (Wildman–Crippen LogP) is -4.18. The standard InChI is InChI=1S/C15H20N4O9/c20-1-5-8(22)10(24)14(27-5)18-3-16-7-12(18)17-4-19(13(7)26)15-11(25)9(23)6(2-21)28-15/h3-6,8-11,14-15,20-25H,1-2H2/t5-,6-,8-,9-,10-,11-,14-,15-/m1/s1. The molecule has 2 aliphatic rings. The van der Waals surface area contributed by atoms with E-state index >= 15 is 0 Å². The summed E-state index contributed by atoms with van der Waals surface area (Å²) in [6.45, 7) is -1.05. The maximum Gasteiger partial charge on any atom is 0.283 e. The van der Waals surface area contributed by atoms with Gasteiger partial charge in [0.1, 0.15) is 43.0 Å². The Balaban J connectivity index is 1.70. The summed E-state index contributed by atoms with van der Waals surface area (Å²) < 4.78 is 12.9. The van der Waals surface area contributed by atoms with Gasteiger partial charge in [-0.1, -0.05) is 0 Å². The van der Waals surface area contributed by atoms with Crippen molar-refractivity contribution in [1.82, 2.24) is 19.1 Å². The highest BCUT2D eigenvalue weighted by Gasteiger charge is 2.45. The molecule has 0 spiro atoms. The number of fused-ring (bicyclic) bond motifs is 1. The zero-order valence-electron chi connectivity index (χ0n) is 14.4. The Labute approximate surface area is 156 Å². The number of imidazole rings is 1. The second-order valence-corrected chi connectivity index (χ2v) is 6.74. The van der Waals surface area contributed by atoms with Crippen LogP contribution in [-0.2, 0) is 9.47 Å². The highest BCUT2D eigenvalue weighted by molar-refractivity contribution is 5.69. The molecule has 4 heterocycles. The molecule has 2 aliphatic heterocycles. The lowest BCUT2D eigenvalue weighted by atomic mass is 10.1. The van der Waals surface area contributed by atoms with Gasteiger partial charge in [0.2, 0.25) is 0 Å². The lowest BCUT2D eigenvalue weighted by Gasteiger charge is -2.18. The number of aromatic nitrogens is 4. The van der Waals surface area contributed by atoms with Crippen molar-refractivity contribution in [3.05, 3.63) is 23.0 Å². The zero-order chi connectivity index (χ0) is 20.2. The molecule has 2 saturated heterocycles. The van der Waals surface area contributed by atoms with Crippen molar-refractivity contribution in [2.45, 2.75) is 49.1 Å². The molecular formula is C15H20N4O9. The topological polar surface area (TPSA) is 193 Å². The third-order valence-electron chi connectivity index (χ3n) is 5.09. The number of nitrogens with zero attached hydrogens (tertiary/aromatic N) is 4. The minimum Gasteiger partial charge on any atom is -0.394 e. The fraction of sp³-hybridized carbons (Fsp3) is 0.667. The Morgan fingerprint density at radius 1 is 0.821 bits per heavy atom. The summed E-state index contributed by atoms with van der Waals surface area (Å²) in [6, 6.07) is 0. The second-order valence-electron chi connectivity index (χ2n) is 6.74. The van der Waals surface area contributed by atoms with Gasteiger partial charge in [-0.05, 0) is 0 Å². The number of hydrogen-bond donors (Lipinski definition) is 6. The summed E-state index contributed by atoms with van der Waals surface area (Å²) in [5.41, 5.74) is -0.772. The Bertz CT molecular complexity index is 917. The van der Waals surface area contributed by atoms with Crippen LogP contribution in [-0.4, -0.2) is 99.6 Å². The molecule has 13 nitrogen and oxygen atoms in total. The van der Waals surface area contributed by atoms with Crippen molar-refractivity contribution in [3.8, 4) is 0 Å². The molecule has 28 heavy (non-hydrogen) atoms. The van der Waals surface area contributed by atoms with Crippen LogP contribution in [0, 0.1) is 0 Å². The fourth-order valence-corrected chi connectivity index (χ4v) is 3.51. The van der Waals surface area contributed by atoms with Crippen LogP contribution in [0.25, 0.3) is 11.2 Å². The minimum atomic E-state index is -1.46. The van der Waals surface area contributed by atoms with Crippen LogP contribution in [0.5, 0.6) is 0 Å². The lowest BCUT2D eigenvalue weighted by Crippen LogP contribution is -2.35. The fourth-order valence-electron chi connectivity index (χ4n) is 3.51. The van der Waals surface area contributed by atoms with Crippen molar-refractivity contribution in [1.29, 1.82) is 0 Å². The van der Waals surface area contributed by atoms with Gasteiger partial charge in [0.25, 0.3) is 5.56 Å². The van der Waals surface area contributed by atoms with Gasteiger partial charge < -0.3 is 40.1 Å². The molecule has 8 atom stereocenters. The van der Waals surface area contributed by atoms with Gasteiger partial charge in [-0.25, -0.2) is 9.97 Å². The first-order valence-electron chi connectivity index (χ1n) is 8.57. The van der Waals surface area contributed by atoms with Crippen LogP contribution in [0.15, 0.2) is 17.4 Å². The Kier molecular flexibility index (Phi) is 4.93. The highest BCUT2D eigenvalue weighted by Crippen LogP contribution is 2.31. The minimum absolute atomic E-state index is 0.0443. The number of aliphatic hydroxyl groups is 6. The monoisotopic (exact) mass is 400 g/mol. The molecule has 2 fully saturated rings. The van der Waals surface area contributed by atoms with E-state index in [0.717, 1.165) is 10.9 Å². The molecule has 0 bridgehead atoms. The third kappa shape index (κ3) is 2.75. The number of hydrogen-bond acceptors (Lipinski definition) is 11. The van der Waals surface area contributed by atoms with Crippen molar-refractivity contribution in [2.24, 2.45) is 0 Å². The van der Waals surface area contributed by atoms with E-state index in [1.54, 1.807) is 0 Å². The van der Waals surface area contributed by atoms with Gasteiger partial charge in [0.05, 0.1) is 19.5 Å². The first-order chi connectivity index (χ1) is 13.4. The molecule has 0 aromatic carbocycles. The van der Waals surface area contributed by atoms with E-state index in [1.165, 1.54) is 10.9 Å². The van der Waals surface area contributed by atoms with E-state index in [4.69, 9.17) is 9.47 Å². The average molecular weight is 400 g/mol. The van der Waals surface area contributed by atoms with Gasteiger partial charge in [-0.3, -0.25) is 13.9 Å². The molecule has 13 heteroatoms. The van der Waals surface area contributed by atoms with Crippen LogP contribution in [0.2, 0.25) is 0 Å². The SMILES string of the molecule is O=c1c2ncn([C@@H]3O[C@H](CO)[C@@H](O)[C@H]3O)c2ncn1[C@@H]1O[C@H](CO)[C@@H](O)[C@H]1O. The van der Waals surface area contributed by atoms with Gasteiger partial charge in [0.15, 0.2) is 23.6 Å². The van der Waals surface area contributed by atoms with E-state index in [0.29, 0.717) is 0 Å². The Morgan fingerprint density at radius 3 is 1.82 bits per heavy atom. The maximum atomic E-state index is 12.8. The van der Waals surface area contributed by atoms with Gasteiger partial charge in [-0.15, -0.1) is 0 Å². The van der Waals surface area contributed by atoms with E-state index in [2.05, 4.69) is 9.97 Å². The normalized spacial score (nSPS) is 38.5. The molecular weight excluding hydrogens is 380 g/mol. The maximum absolute atomic E-state index is 12.8. The summed E-state index contributed by atoms with van der Waals surface area (Å²) in [4.78, 5) is 20.9. The summed E-state index contributed by atoms with van der Waals surface area (Å²) >= 11 is 0. The van der Waals surface area contributed by atoms with Crippen LogP contribution in [0.4, 0.5) is 0 Å². The van der Waals surface area contributed by atoms with Crippen LogP contribution >= 0.6 is 0 Å². The largest absolute Gasteiger partial charge is 0.394 e. The average Bonchev–Trinajstić information content (AvgIpc) is 3.33. The molecule has 0 radical (unpaired) electrons. The highest BCUT2D eigenvalue weighted by atomic mass is 16.6. The number of rotatable bonds is 4. The number of aliphatic hydroxyl groups excluding tert-OH is 6. The van der Waals surface area contributed by atoms with E-state index in [1.807, 2.05) is 0 Å². The summed E-state index contributed by atoms with van der Waals surface area (Å²) in [5.74, 6) is 0. The summed E-state index contributed by atoms with van der Waals surface area (Å²) in [6.07, 6.45) is -7.72. The van der Waals surface area contributed by atoms with Gasteiger partial charge >= 0.3 is 0 Å². The predicted molar refractivity (Wildman–Crippen MR) is 87.8 cm³/mol. The van der Waals surface area contributed by atoms with Gasteiger partial charge in [0, 0.05) is 0 Å². The second kappa shape index (κ2) is 7.13. The Hall–Kier alpha value is -1.97. The van der Waals surface area contributed by atoms with E-state index in [9.17, 15) is 35.4 Å². The Morgan fingerprint density at radius 2 is 1.32 bits per heavy atom. The van der Waals surface area contributed by atoms with Crippen molar-refractivity contribution in [3.63, 3.8) is 0 Å². The molecule has 4 rings (SSSR count). The quantitative estimate of drug-likeness (QED) is 0.291. The lowest BCUT2D eigenvalue weighted by molar-refractivity contribution is -0.0549. The van der Waals surface area contributed by atoms with Crippen molar-refractivity contribution < 1.29 is 40.1 Å². The summed E-state index contributed by atoms with van der Waals surface area (Å²) in [5, 5.41) is 58.4. The van der Waals surface area contributed by atoms with Crippen molar-refractivity contribution >= 4 is 11.2 Å². The molecule has 0 saturated carbocycles. The molecule has 2 aromatic rings. The van der Waals surface area contributed by atoms with E-state index < -0.39 is 67.9 Å². The zero-order valence-corrected chi connectivity index (χ0v) is 14.4. The van der Waals surface area contributed by atoms with Crippen molar-refractivity contribution in [2.75, 3.05) is 13.2 Å². The number of ether oxygens (including phenoxy) is 2. The van der Waals surface area contributed by atoms with Crippen LogP contribution in [0.1, 0.15) is 12.5 Å². The molecule has 0 unspecified atom stereocenters. The van der Waals surface area contributed by atoms with Gasteiger partial charge in [-0.2, -0.15) is 0 Å². The molecule has 2 aromatic heterocycles. The van der Waals surface area contributed by atoms with E-state index in [-0.39, 0.29) is 11.2 Å². The molecule has 0 amide bonds. The first kappa shape index (κ1) is 19.4. The summed E-state index contributed by atoms with van der Waals surface area (Å²) in [7, 11) is 0. The smallest absolute Gasteiger partial charge is 0.283 e. The molecule has 6 N–H and O–H groups in total. The van der Waals surface area contributed by atoms with Crippen LogP contribution in [0.3, 0.4) is 0 Å². The van der Waals surface area contributed by atoms with Crippen LogP contribution < -0.4 is 5.56 Å². The molecule has 154 valence electrons. The molecule has 0 aliphatic carbocycles. The third-order valence-corrected chi connectivity index (χ3v) is 5.09.